The minimum Gasteiger partial charge on any atom is -0.462 e. The quantitative estimate of drug-likeness (QED) is 0.611. The van der Waals surface area contributed by atoms with Crippen molar-refractivity contribution in [3.63, 3.8) is 0 Å². The highest BCUT2D eigenvalue weighted by molar-refractivity contribution is 8.00. The third kappa shape index (κ3) is 2.56. The predicted octanol–water partition coefficient (Wildman–Crippen LogP) is 5.79. The molecule has 2 heterocycles. The number of nitrogens with zero attached hydrogens (tertiary/aromatic N) is 1. The molecule has 0 atom stereocenters. The minimum atomic E-state index is 0.595. The van der Waals surface area contributed by atoms with Crippen LogP contribution in [0.15, 0.2) is 52.1 Å². The van der Waals surface area contributed by atoms with Crippen LogP contribution in [0.1, 0.15) is 19.3 Å². The number of halogens is 1. The van der Waals surface area contributed by atoms with Crippen LogP contribution in [0.2, 0.25) is 5.02 Å². The highest BCUT2D eigenvalue weighted by Crippen LogP contribution is 2.38. The molecule has 0 spiro atoms. The summed E-state index contributed by atoms with van der Waals surface area (Å²) in [7, 11) is 0. The highest BCUT2D eigenvalue weighted by Gasteiger charge is 2.19. The second-order valence-corrected chi connectivity index (χ2v) is 7.16. The van der Waals surface area contributed by atoms with Crippen molar-refractivity contribution in [3.8, 4) is 11.1 Å². The first-order valence-corrected chi connectivity index (χ1v) is 8.35. The molecule has 1 fully saturated rings. The zero-order valence-electron chi connectivity index (χ0n) is 11.4. The fraction of sp³-hybridized carbons (Fsp3) is 0.235. The standard InChI is InChI=1S/C17H14ClNOS/c18-12-8-16-17(19-9-12)15(10-20-16)11-3-1-6-14(7-11)21-13-4-2-5-13/h1,3,6-10,13H,2,4-5H2. The summed E-state index contributed by atoms with van der Waals surface area (Å²) in [4.78, 5) is 5.72. The van der Waals surface area contributed by atoms with Gasteiger partial charge in [0.15, 0.2) is 5.58 Å². The normalized spacial score (nSPS) is 15.3. The average molecular weight is 316 g/mol. The Balaban J connectivity index is 1.72. The summed E-state index contributed by atoms with van der Waals surface area (Å²) in [6.07, 6.45) is 7.47. The fourth-order valence-electron chi connectivity index (χ4n) is 2.51. The molecular weight excluding hydrogens is 302 g/mol. The molecule has 0 unspecified atom stereocenters. The fourth-order valence-corrected chi connectivity index (χ4v) is 3.97. The lowest BCUT2D eigenvalue weighted by Crippen LogP contribution is -2.12. The van der Waals surface area contributed by atoms with Crippen molar-refractivity contribution in [2.24, 2.45) is 0 Å². The molecule has 2 aromatic heterocycles. The zero-order chi connectivity index (χ0) is 14.2. The number of furan rings is 1. The van der Waals surface area contributed by atoms with Gasteiger partial charge in [0.1, 0.15) is 11.8 Å². The van der Waals surface area contributed by atoms with Crippen LogP contribution in [0.25, 0.3) is 22.2 Å². The van der Waals surface area contributed by atoms with Gasteiger partial charge in [-0.25, -0.2) is 0 Å². The third-order valence-electron chi connectivity index (χ3n) is 3.88. The summed E-state index contributed by atoms with van der Waals surface area (Å²) in [5, 5.41) is 1.39. The monoisotopic (exact) mass is 315 g/mol. The average Bonchev–Trinajstić information content (AvgIpc) is 2.86. The Kier molecular flexibility index (Phi) is 3.40. The molecule has 4 heteroatoms. The smallest absolute Gasteiger partial charge is 0.154 e. The van der Waals surface area contributed by atoms with Crippen LogP contribution in [0.4, 0.5) is 0 Å². The number of rotatable bonds is 3. The van der Waals surface area contributed by atoms with Crippen LogP contribution in [0.5, 0.6) is 0 Å². The van der Waals surface area contributed by atoms with Crippen molar-refractivity contribution in [1.82, 2.24) is 4.98 Å². The van der Waals surface area contributed by atoms with Gasteiger partial charge in [0, 0.05) is 28.0 Å². The Hall–Kier alpha value is -1.45. The highest BCUT2D eigenvalue weighted by atomic mass is 35.5. The largest absolute Gasteiger partial charge is 0.462 e. The number of aromatic nitrogens is 1. The Morgan fingerprint density at radius 3 is 2.95 bits per heavy atom. The van der Waals surface area contributed by atoms with E-state index in [1.165, 1.54) is 24.2 Å². The molecule has 3 aromatic rings. The number of hydrogen-bond acceptors (Lipinski definition) is 3. The van der Waals surface area contributed by atoms with Gasteiger partial charge in [-0.15, -0.1) is 11.8 Å². The van der Waals surface area contributed by atoms with Gasteiger partial charge in [-0.3, -0.25) is 4.98 Å². The van der Waals surface area contributed by atoms with Crippen LogP contribution in [-0.2, 0) is 0 Å². The van der Waals surface area contributed by atoms with E-state index < -0.39 is 0 Å². The number of pyridine rings is 1. The molecule has 4 rings (SSSR count). The van der Waals surface area contributed by atoms with Crippen LogP contribution >= 0.6 is 23.4 Å². The predicted molar refractivity (Wildman–Crippen MR) is 88.0 cm³/mol. The van der Waals surface area contributed by atoms with Crippen molar-refractivity contribution in [1.29, 1.82) is 0 Å². The third-order valence-corrected chi connectivity index (χ3v) is 5.42. The molecule has 0 amide bonds. The molecule has 1 aliphatic rings. The van der Waals surface area contributed by atoms with Gasteiger partial charge in [-0.05, 0) is 30.5 Å². The van der Waals surface area contributed by atoms with Crippen molar-refractivity contribution in [2.45, 2.75) is 29.4 Å². The van der Waals surface area contributed by atoms with Crippen molar-refractivity contribution in [2.75, 3.05) is 0 Å². The van der Waals surface area contributed by atoms with E-state index in [4.69, 9.17) is 16.0 Å². The minimum absolute atomic E-state index is 0.595. The van der Waals surface area contributed by atoms with Crippen molar-refractivity contribution in [3.05, 3.63) is 47.8 Å². The van der Waals surface area contributed by atoms with Gasteiger partial charge in [0.05, 0.1) is 5.02 Å². The van der Waals surface area contributed by atoms with Crippen LogP contribution in [-0.4, -0.2) is 10.2 Å². The SMILES string of the molecule is Clc1cnc2c(-c3cccc(SC4CCC4)c3)coc2c1. The van der Waals surface area contributed by atoms with Crippen LogP contribution in [0, 0.1) is 0 Å². The van der Waals surface area contributed by atoms with Gasteiger partial charge < -0.3 is 4.42 Å². The second kappa shape index (κ2) is 5.39. The van der Waals surface area contributed by atoms with Gasteiger partial charge in [-0.1, -0.05) is 30.2 Å². The van der Waals surface area contributed by atoms with Crippen LogP contribution < -0.4 is 0 Å². The summed E-state index contributed by atoms with van der Waals surface area (Å²) in [5.74, 6) is 0. The van der Waals surface area contributed by atoms with E-state index in [0.717, 1.165) is 27.5 Å². The van der Waals surface area contributed by atoms with Gasteiger partial charge >= 0.3 is 0 Å². The molecule has 0 radical (unpaired) electrons. The van der Waals surface area contributed by atoms with E-state index in [1.54, 1.807) is 18.5 Å². The Bertz CT molecular complexity index is 794. The maximum Gasteiger partial charge on any atom is 0.154 e. The lowest BCUT2D eigenvalue weighted by molar-refractivity contribution is 0.522. The van der Waals surface area contributed by atoms with Gasteiger partial charge in [0.2, 0.25) is 0 Å². The summed E-state index contributed by atoms with van der Waals surface area (Å²) in [6, 6.07) is 10.4. The van der Waals surface area contributed by atoms with E-state index in [0.29, 0.717) is 5.02 Å². The van der Waals surface area contributed by atoms with Crippen molar-refractivity contribution >= 4 is 34.5 Å². The number of hydrogen-bond donors (Lipinski definition) is 0. The van der Waals surface area contributed by atoms with Gasteiger partial charge in [-0.2, -0.15) is 0 Å². The molecular formula is C17H14ClNOS. The molecule has 2 nitrogen and oxygen atoms in total. The summed E-state index contributed by atoms with van der Waals surface area (Å²) >= 11 is 7.93. The first kappa shape index (κ1) is 13.2. The zero-order valence-corrected chi connectivity index (χ0v) is 13.0. The molecule has 1 saturated carbocycles. The number of benzene rings is 1. The molecule has 1 aromatic carbocycles. The lowest BCUT2D eigenvalue weighted by Gasteiger charge is -2.24. The second-order valence-electron chi connectivity index (χ2n) is 5.35. The number of thioether (sulfide) groups is 1. The van der Waals surface area contributed by atoms with Crippen molar-refractivity contribution < 1.29 is 4.42 Å². The Morgan fingerprint density at radius 2 is 2.14 bits per heavy atom. The van der Waals surface area contributed by atoms with Crippen LogP contribution in [0.3, 0.4) is 0 Å². The topological polar surface area (TPSA) is 26.0 Å². The molecule has 0 saturated heterocycles. The van der Waals surface area contributed by atoms with E-state index in [9.17, 15) is 0 Å². The van der Waals surface area contributed by atoms with E-state index in [-0.39, 0.29) is 0 Å². The molecule has 0 N–H and O–H groups in total. The number of fused-ring (bicyclic) bond motifs is 1. The maximum atomic E-state index is 5.95. The molecule has 1 aliphatic carbocycles. The molecule has 106 valence electrons. The first-order valence-electron chi connectivity index (χ1n) is 7.09. The van der Waals surface area contributed by atoms with Gasteiger partial charge in [0.25, 0.3) is 0 Å². The van der Waals surface area contributed by atoms with E-state index in [2.05, 4.69) is 29.2 Å². The summed E-state index contributed by atoms with van der Waals surface area (Å²) in [5.41, 5.74) is 3.77. The van der Waals surface area contributed by atoms with E-state index in [1.807, 2.05) is 11.8 Å². The maximum absolute atomic E-state index is 5.95. The summed E-state index contributed by atoms with van der Waals surface area (Å²) < 4.78 is 5.58. The summed E-state index contributed by atoms with van der Waals surface area (Å²) in [6.45, 7) is 0. The molecule has 21 heavy (non-hydrogen) atoms. The Labute approximate surface area is 132 Å². The lowest BCUT2D eigenvalue weighted by atomic mass is 10.00. The first-order chi connectivity index (χ1) is 10.3. The Morgan fingerprint density at radius 1 is 1.24 bits per heavy atom. The molecule has 0 aliphatic heterocycles. The molecule has 0 bridgehead atoms. The van der Waals surface area contributed by atoms with E-state index >= 15 is 0 Å².